The molecule has 20 heavy (non-hydrogen) atoms. The van der Waals surface area contributed by atoms with Crippen LogP contribution in [0.5, 0.6) is 0 Å². The molecule has 1 rings (SSSR count). The SMILES string of the molecule is CC.CNCCCNc1nc(SC)ncc1C(F)(F)F. The monoisotopic (exact) mass is 310 g/mol. The van der Waals surface area contributed by atoms with Crippen LogP contribution in [0.25, 0.3) is 0 Å². The molecule has 0 radical (unpaired) electrons. The highest BCUT2D eigenvalue weighted by Gasteiger charge is 2.35. The maximum atomic E-state index is 12.7. The van der Waals surface area contributed by atoms with E-state index in [9.17, 15) is 13.2 Å². The average Bonchev–Trinajstić information content (AvgIpc) is 2.44. The summed E-state index contributed by atoms with van der Waals surface area (Å²) in [6, 6.07) is 0. The molecule has 0 saturated heterocycles. The lowest BCUT2D eigenvalue weighted by Gasteiger charge is -2.13. The van der Waals surface area contributed by atoms with E-state index in [0.29, 0.717) is 18.1 Å². The number of anilines is 1. The molecule has 2 N–H and O–H groups in total. The van der Waals surface area contributed by atoms with Gasteiger partial charge in [-0.3, -0.25) is 0 Å². The van der Waals surface area contributed by atoms with Gasteiger partial charge in [-0.15, -0.1) is 0 Å². The van der Waals surface area contributed by atoms with Gasteiger partial charge < -0.3 is 10.6 Å². The zero-order chi connectivity index (χ0) is 15.6. The van der Waals surface area contributed by atoms with Crippen LogP contribution in [0.15, 0.2) is 11.4 Å². The van der Waals surface area contributed by atoms with Crippen molar-refractivity contribution in [1.82, 2.24) is 15.3 Å². The van der Waals surface area contributed by atoms with Crippen molar-refractivity contribution in [2.24, 2.45) is 0 Å². The van der Waals surface area contributed by atoms with Gasteiger partial charge in [0.1, 0.15) is 11.4 Å². The van der Waals surface area contributed by atoms with Gasteiger partial charge in [0.05, 0.1) is 0 Å². The molecule has 0 unspecified atom stereocenters. The molecule has 0 aliphatic carbocycles. The minimum Gasteiger partial charge on any atom is -0.369 e. The maximum absolute atomic E-state index is 12.7. The molecule has 0 atom stereocenters. The Kier molecular flexibility index (Phi) is 9.32. The molecule has 1 aromatic rings. The van der Waals surface area contributed by atoms with Crippen LogP contribution in [0, 0.1) is 0 Å². The van der Waals surface area contributed by atoms with E-state index in [2.05, 4.69) is 20.6 Å². The number of hydrogen-bond acceptors (Lipinski definition) is 5. The second-order valence-electron chi connectivity index (χ2n) is 3.50. The normalized spacial score (nSPS) is 10.8. The maximum Gasteiger partial charge on any atom is 0.421 e. The van der Waals surface area contributed by atoms with Gasteiger partial charge in [0.25, 0.3) is 0 Å². The van der Waals surface area contributed by atoms with Crippen molar-refractivity contribution >= 4 is 17.6 Å². The highest BCUT2D eigenvalue weighted by Crippen LogP contribution is 2.33. The lowest BCUT2D eigenvalue weighted by molar-refractivity contribution is -0.137. The van der Waals surface area contributed by atoms with Crippen molar-refractivity contribution < 1.29 is 13.2 Å². The van der Waals surface area contributed by atoms with Crippen LogP contribution in [0.2, 0.25) is 0 Å². The molecule has 0 fully saturated rings. The lowest BCUT2D eigenvalue weighted by Crippen LogP contribution is -2.17. The smallest absolute Gasteiger partial charge is 0.369 e. The molecular weight excluding hydrogens is 289 g/mol. The van der Waals surface area contributed by atoms with Crippen LogP contribution < -0.4 is 10.6 Å². The van der Waals surface area contributed by atoms with Gasteiger partial charge in [-0.1, -0.05) is 25.6 Å². The number of rotatable bonds is 6. The van der Waals surface area contributed by atoms with Crippen LogP contribution in [-0.4, -0.2) is 36.4 Å². The third kappa shape index (κ3) is 6.42. The van der Waals surface area contributed by atoms with E-state index in [4.69, 9.17) is 0 Å². The van der Waals surface area contributed by atoms with Gasteiger partial charge in [-0.05, 0) is 26.3 Å². The number of thioether (sulfide) groups is 1. The number of nitrogens with zero attached hydrogens (tertiary/aromatic N) is 2. The molecule has 0 aliphatic heterocycles. The number of nitrogens with one attached hydrogen (secondary N) is 2. The predicted octanol–water partition coefficient (Wildman–Crippen LogP) is 3.26. The summed E-state index contributed by atoms with van der Waals surface area (Å²) in [4.78, 5) is 7.50. The quantitative estimate of drug-likeness (QED) is 0.480. The molecular formula is C12H21F3N4S. The molecule has 0 aliphatic rings. The van der Waals surface area contributed by atoms with Gasteiger partial charge in [0.2, 0.25) is 0 Å². The Morgan fingerprint density at radius 2 is 1.90 bits per heavy atom. The molecule has 1 aromatic heterocycles. The zero-order valence-corrected chi connectivity index (χ0v) is 13.0. The largest absolute Gasteiger partial charge is 0.421 e. The summed E-state index contributed by atoms with van der Waals surface area (Å²) < 4.78 is 38.2. The molecule has 0 saturated carbocycles. The first-order valence-corrected chi connectivity index (χ1v) is 7.58. The number of aromatic nitrogens is 2. The van der Waals surface area contributed by atoms with Gasteiger partial charge in [-0.25, -0.2) is 9.97 Å². The van der Waals surface area contributed by atoms with E-state index in [1.165, 1.54) is 11.8 Å². The molecule has 1 heterocycles. The minimum absolute atomic E-state index is 0.155. The third-order valence-electron chi connectivity index (χ3n) is 2.15. The van der Waals surface area contributed by atoms with Crippen molar-refractivity contribution in [2.45, 2.75) is 31.6 Å². The molecule has 0 spiro atoms. The summed E-state index contributed by atoms with van der Waals surface area (Å²) in [6.07, 6.45) is -1.19. The minimum atomic E-state index is -4.44. The third-order valence-corrected chi connectivity index (χ3v) is 2.71. The topological polar surface area (TPSA) is 49.8 Å². The van der Waals surface area contributed by atoms with E-state index < -0.39 is 11.7 Å². The van der Waals surface area contributed by atoms with Crippen molar-refractivity contribution in [1.29, 1.82) is 0 Å². The van der Waals surface area contributed by atoms with Crippen molar-refractivity contribution in [3.8, 4) is 0 Å². The summed E-state index contributed by atoms with van der Waals surface area (Å²) in [5.74, 6) is -0.155. The van der Waals surface area contributed by atoms with E-state index in [-0.39, 0.29) is 5.82 Å². The number of alkyl halides is 3. The summed E-state index contributed by atoms with van der Waals surface area (Å²) >= 11 is 1.20. The highest BCUT2D eigenvalue weighted by molar-refractivity contribution is 7.98. The second-order valence-corrected chi connectivity index (χ2v) is 4.27. The van der Waals surface area contributed by atoms with Crippen molar-refractivity contribution in [2.75, 3.05) is 31.7 Å². The fraction of sp³-hybridized carbons (Fsp3) is 0.667. The highest BCUT2D eigenvalue weighted by atomic mass is 32.2. The molecule has 116 valence electrons. The molecule has 0 bridgehead atoms. The first-order chi connectivity index (χ1) is 9.49. The summed E-state index contributed by atoms with van der Waals surface area (Å²) in [5, 5.41) is 5.95. The van der Waals surface area contributed by atoms with Crippen LogP contribution in [0.1, 0.15) is 25.8 Å². The van der Waals surface area contributed by atoms with Gasteiger partial charge >= 0.3 is 6.18 Å². The Bertz CT molecular complexity index is 385. The predicted molar refractivity (Wildman–Crippen MR) is 77.2 cm³/mol. The average molecular weight is 310 g/mol. The Morgan fingerprint density at radius 3 is 2.40 bits per heavy atom. The summed E-state index contributed by atoms with van der Waals surface area (Å²) in [7, 11) is 1.79. The van der Waals surface area contributed by atoms with Crippen LogP contribution in [-0.2, 0) is 6.18 Å². The standard InChI is InChI=1S/C10H15F3N4S.C2H6/c1-14-4-3-5-15-8-7(10(11,12)13)6-16-9(17-8)18-2;1-2/h6,14H,3-5H2,1-2H3,(H,15,16,17);1-2H3. The Labute approximate surface area is 122 Å². The Morgan fingerprint density at radius 1 is 1.25 bits per heavy atom. The molecule has 4 nitrogen and oxygen atoms in total. The van der Waals surface area contributed by atoms with Crippen LogP contribution >= 0.6 is 11.8 Å². The Hall–Kier alpha value is -1.02. The molecule has 0 aromatic carbocycles. The van der Waals surface area contributed by atoms with Gasteiger partial charge in [0.15, 0.2) is 5.16 Å². The fourth-order valence-corrected chi connectivity index (χ4v) is 1.62. The van der Waals surface area contributed by atoms with E-state index in [1.54, 1.807) is 13.3 Å². The number of hydrogen-bond donors (Lipinski definition) is 2. The molecule has 0 amide bonds. The van der Waals surface area contributed by atoms with E-state index >= 15 is 0 Å². The summed E-state index contributed by atoms with van der Waals surface area (Å²) in [5.41, 5.74) is -0.829. The first-order valence-electron chi connectivity index (χ1n) is 6.35. The second kappa shape index (κ2) is 9.82. The van der Waals surface area contributed by atoms with Gasteiger partial charge in [-0.2, -0.15) is 13.2 Å². The fourth-order valence-electron chi connectivity index (χ4n) is 1.28. The Balaban J connectivity index is 0.00000172. The van der Waals surface area contributed by atoms with Crippen LogP contribution in [0.3, 0.4) is 0 Å². The lowest BCUT2D eigenvalue weighted by atomic mass is 10.3. The molecule has 8 heteroatoms. The van der Waals surface area contributed by atoms with E-state index in [0.717, 1.165) is 12.7 Å². The zero-order valence-electron chi connectivity index (χ0n) is 12.1. The van der Waals surface area contributed by atoms with E-state index in [1.807, 2.05) is 13.8 Å². The summed E-state index contributed by atoms with van der Waals surface area (Å²) in [6.45, 7) is 5.16. The van der Waals surface area contributed by atoms with Gasteiger partial charge in [0, 0.05) is 12.7 Å². The first kappa shape index (κ1) is 19.0. The van der Waals surface area contributed by atoms with Crippen LogP contribution in [0.4, 0.5) is 19.0 Å². The van der Waals surface area contributed by atoms with Crippen molar-refractivity contribution in [3.63, 3.8) is 0 Å². The van der Waals surface area contributed by atoms with Crippen molar-refractivity contribution in [3.05, 3.63) is 11.8 Å². The number of halogens is 3.